The van der Waals surface area contributed by atoms with Gasteiger partial charge in [0.1, 0.15) is 17.1 Å². The van der Waals surface area contributed by atoms with Crippen molar-refractivity contribution in [3.8, 4) is 5.75 Å². The second kappa shape index (κ2) is 16.8. The highest BCUT2D eigenvalue weighted by atomic mass is 19.4. The van der Waals surface area contributed by atoms with Crippen LogP contribution in [0.1, 0.15) is 74.7 Å². The lowest BCUT2D eigenvalue weighted by Gasteiger charge is -2.35. The predicted octanol–water partition coefficient (Wildman–Crippen LogP) is 5.53. The average Bonchev–Trinajstić information content (AvgIpc) is 3.33. The minimum absolute atomic E-state index is 0.0865. The van der Waals surface area contributed by atoms with Gasteiger partial charge in [0.2, 0.25) is 5.91 Å². The lowest BCUT2D eigenvalue weighted by molar-refractivity contribution is -0.142. The maximum absolute atomic E-state index is 14.2. The minimum atomic E-state index is -4.48. The Morgan fingerprint density at radius 2 is 1.91 bits per heavy atom. The molecule has 2 aromatic rings. The number of alkyl halides is 3. The van der Waals surface area contributed by atoms with Crippen LogP contribution in [-0.4, -0.2) is 95.7 Å². The number of aryl methyl sites for hydroxylation is 2. The number of likely N-dealkylation sites (N-methyl/N-ethyl adjacent to an activating group) is 1. The third-order valence-electron chi connectivity index (χ3n) is 8.04. The van der Waals surface area contributed by atoms with E-state index in [0.29, 0.717) is 30.2 Å². The number of nitrogens with zero attached hydrogens (tertiary/aromatic N) is 3. The molecule has 0 radical (unpaired) electrons. The number of benzene rings is 1. The molecule has 3 N–H and O–H groups in total. The van der Waals surface area contributed by atoms with E-state index < -0.39 is 49.0 Å². The fourth-order valence-corrected chi connectivity index (χ4v) is 5.16. The average molecular weight is 670 g/mol. The normalized spacial score (nSPS) is 20.4. The van der Waals surface area contributed by atoms with Crippen LogP contribution in [0.3, 0.4) is 0 Å². The number of amides is 4. The third kappa shape index (κ3) is 11.1. The van der Waals surface area contributed by atoms with Crippen molar-refractivity contribution in [1.82, 2.24) is 15.0 Å². The van der Waals surface area contributed by atoms with Crippen LogP contribution in [0.25, 0.3) is 0 Å². The summed E-state index contributed by atoms with van der Waals surface area (Å²) in [5.74, 6) is -0.951. The van der Waals surface area contributed by atoms with Gasteiger partial charge in [-0.1, -0.05) is 12.1 Å². The quantitative estimate of drug-likeness (QED) is 0.333. The molecule has 0 bridgehead atoms. The van der Waals surface area contributed by atoms with Gasteiger partial charge < -0.3 is 39.5 Å². The summed E-state index contributed by atoms with van der Waals surface area (Å²) in [6.07, 6.45) is -5.19. The first-order valence-electron chi connectivity index (χ1n) is 15.7. The Morgan fingerprint density at radius 1 is 1.19 bits per heavy atom. The number of rotatable bonds is 8. The molecule has 262 valence electrons. The summed E-state index contributed by atoms with van der Waals surface area (Å²) in [5.41, 5.74) is 1.25. The molecule has 1 aromatic heterocycles. The Labute approximate surface area is 272 Å². The number of fused-ring (bicyclic) bond motifs is 1. The maximum Gasteiger partial charge on any atom is 0.389 e. The molecule has 4 amide bonds. The zero-order valence-electron chi connectivity index (χ0n) is 27.8. The Kier molecular flexibility index (Phi) is 13.5. The van der Waals surface area contributed by atoms with Crippen LogP contribution in [0.4, 0.5) is 29.3 Å². The van der Waals surface area contributed by atoms with Gasteiger partial charge in [-0.2, -0.15) is 13.2 Å². The SMILES string of the molecule is Cc1noc(C)c1NC(=O)N(C)C[C@@H]1OCCCC[C@H](C)Oc2ccc(NC(=O)CCC(F)(F)F)cc2C(=O)N([C@@H](C)CO)C[C@H]1C. The number of hydrogen-bond donors (Lipinski definition) is 3. The van der Waals surface area contributed by atoms with Gasteiger partial charge in [-0.25, -0.2) is 4.79 Å². The van der Waals surface area contributed by atoms with Crippen molar-refractivity contribution in [2.45, 2.75) is 91.1 Å². The molecule has 1 aliphatic heterocycles. The molecule has 2 heterocycles. The largest absolute Gasteiger partial charge is 0.490 e. The van der Waals surface area contributed by atoms with E-state index >= 15 is 0 Å². The fraction of sp³-hybridized carbons (Fsp3) is 0.625. The maximum atomic E-state index is 14.2. The van der Waals surface area contributed by atoms with Crippen LogP contribution in [0, 0.1) is 19.8 Å². The zero-order chi connectivity index (χ0) is 34.9. The van der Waals surface area contributed by atoms with E-state index in [2.05, 4.69) is 15.8 Å². The Bertz CT molecular complexity index is 1350. The molecular formula is C32H46F3N5O7. The number of hydrogen-bond acceptors (Lipinski definition) is 8. The number of aromatic nitrogens is 1. The molecule has 0 spiro atoms. The molecule has 1 aliphatic rings. The Morgan fingerprint density at radius 3 is 2.55 bits per heavy atom. The first-order valence-corrected chi connectivity index (χ1v) is 15.7. The lowest BCUT2D eigenvalue weighted by atomic mass is 10.0. The van der Waals surface area contributed by atoms with Crippen molar-refractivity contribution in [3.63, 3.8) is 0 Å². The van der Waals surface area contributed by atoms with Crippen molar-refractivity contribution in [2.24, 2.45) is 5.92 Å². The van der Waals surface area contributed by atoms with Crippen LogP contribution >= 0.6 is 0 Å². The number of carbonyl (C=O) groups excluding carboxylic acids is 3. The highest BCUT2D eigenvalue weighted by Crippen LogP contribution is 2.29. The third-order valence-corrected chi connectivity index (χ3v) is 8.04. The van der Waals surface area contributed by atoms with Crippen molar-refractivity contribution >= 4 is 29.2 Å². The van der Waals surface area contributed by atoms with Gasteiger partial charge >= 0.3 is 12.2 Å². The molecule has 12 nitrogen and oxygen atoms in total. The van der Waals surface area contributed by atoms with E-state index in [1.165, 1.54) is 28.0 Å². The second-order valence-electron chi connectivity index (χ2n) is 12.2. The molecule has 0 aliphatic carbocycles. The van der Waals surface area contributed by atoms with Crippen molar-refractivity contribution in [3.05, 3.63) is 35.2 Å². The van der Waals surface area contributed by atoms with E-state index in [9.17, 15) is 32.7 Å². The van der Waals surface area contributed by atoms with E-state index in [0.717, 1.165) is 12.8 Å². The van der Waals surface area contributed by atoms with Crippen molar-refractivity contribution in [2.75, 3.05) is 44.0 Å². The summed E-state index contributed by atoms with van der Waals surface area (Å²) in [5, 5.41) is 19.2. The molecule has 1 aromatic carbocycles. The fourth-order valence-electron chi connectivity index (χ4n) is 5.16. The number of aliphatic hydroxyl groups excluding tert-OH is 1. The van der Waals surface area contributed by atoms with Gasteiger partial charge in [-0.05, 0) is 65.2 Å². The molecule has 47 heavy (non-hydrogen) atoms. The molecular weight excluding hydrogens is 623 g/mol. The number of carbonyl (C=O) groups is 3. The first kappa shape index (κ1) is 37.6. The molecule has 4 atom stereocenters. The highest BCUT2D eigenvalue weighted by molar-refractivity contribution is 5.99. The zero-order valence-corrected chi connectivity index (χ0v) is 27.8. The summed E-state index contributed by atoms with van der Waals surface area (Å²) in [7, 11) is 1.63. The smallest absolute Gasteiger partial charge is 0.389 e. The van der Waals surface area contributed by atoms with Crippen molar-refractivity contribution < 1.29 is 46.7 Å². The lowest BCUT2D eigenvalue weighted by Crippen LogP contribution is -2.48. The van der Waals surface area contributed by atoms with Gasteiger partial charge in [-0.3, -0.25) is 9.59 Å². The number of ether oxygens (including phenoxy) is 2. The van der Waals surface area contributed by atoms with Crippen LogP contribution in [-0.2, 0) is 9.53 Å². The summed E-state index contributed by atoms with van der Waals surface area (Å²) in [4.78, 5) is 42.5. The summed E-state index contributed by atoms with van der Waals surface area (Å²) >= 11 is 0. The number of nitrogens with one attached hydrogen (secondary N) is 2. The molecule has 0 unspecified atom stereocenters. The topological polar surface area (TPSA) is 146 Å². The first-order chi connectivity index (χ1) is 22.1. The van der Waals surface area contributed by atoms with Gasteiger partial charge in [0.25, 0.3) is 5.91 Å². The molecule has 3 rings (SSSR count). The van der Waals surface area contributed by atoms with Gasteiger partial charge in [0.05, 0.1) is 36.8 Å². The van der Waals surface area contributed by atoms with Gasteiger partial charge in [0, 0.05) is 44.8 Å². The Balaban J connectivity index is 1.89. The van der Waals surface area contributed by atoms with E-state index in [4.69, 9.17) is 14.0 Å². The summed E-state index contributed by atoms with van der Waals surface area (Å²) in [6, 6.07) is 3.33. The minimum Gasteiger partial charge on any atom is -0.490 e. The molecule has 0 saturated heterocycles. The monoisotopic (exact) mass is 669 g/mol. The van der Waals surface area contributed by atoms with Crippen LogP contribution in [0.2, 0.25) is 0 Å². The van der Waals surface area contributed by atoms with E-state index in [-0.39, 0.29) is 48.7 Å². The predicted molar refractivity (Wildman–Crippen MR) is 168 cm³/mol. The standard InChI is InChI=1S/C32H46F3N5O7/c1-19-16-40(20(2)18-41)30(43)25-15-24(36-28(42)12-13-32(33,34)35)10-11-26(25)46-21(3)9-7-8-14-45-27(19)17-39(6)31(44)37-29-22(4)38-47-23(29)5/h10-11,15,19-21,27,41H,7-9,12-14,16-18H2,1-6H3,(H,36,42)(H,37,44)/t19-,20+,21+,27+/m1/s1. The van der Waals surface area contributed by atoms with Crippen LogP contribution < -0.4 is 15.4 Å². The van der Waals surface area contributed by atoms with Gasteiger partial charge in [0.15, 0.2) is 5.76 Å². The molecule has 15 heteroatoms. The van der Waals surface area contributed by atoms with E-state index in [1.807, 2.05) is 13.8 Å². The summed E-state index contributed by atoms with van der Waals surface area (Å²) in [6.45, 7) is 9.22. The molecule has 0 fully saturated rings. The van der Waals surface area contributed by atoms with Gasteiger partial charge in [-0.15, -0.1) is 0 Å². The van der Waals surface area contributed by atoms with E-state index in [1.54, 1.807) is 27.8 Å². The Hall–Kier alpha value is -3.85. The highest BCUT2D eigenvalue weighted by Gasteiger charge is 2.32. The number of halogens is 3. The number of aliphatic hydroxyl groups is 1. The summed E-state index contributed by atoms with van der Waals surface area (Å²) < 4.78 is 55.6. The second-order valence-corrected chi connectivity index (χ2v) is 12.2. The number of urea groups is 1. The molecule has 0 saturated carbocycles. The van der Waals surface area contributed by atoms with Crippen LogP contribution in [0.5, 0.6) is 5.75 Å². The van der Waals surface area contributed by atoms with Crippen LogP contribution in [0.15, 0.2) is 22.7 Å². The van der Waals surface area contributed by atoms with Crippen molar-refractivity contribution in [1.29, 1.82) is 0 Å². The number of anilines is 2.